The highest BCUT2D eigenvalue weighted by molar-refractivity contribution is 7.80. The summed E-state index contributed by atoms with van der Waals surface area (Å²) in [6.07, 6.45) is 0. The average Bonchev–Trinajstić information content (AvgIpc) is 2.38. The predicted octanol–water partition coefficient (Wildman–Crippen LogP) is 1.56. The van der Waals surface area contributed by atoms with Gasteiger partial charge >= 0.3 is 5.63 Å². The lowest BCUT2D eigenvalue weighted by molar-refractivity contribution is 0.561. The van der Waals surface area contributed by atoms with Gasteiger partial charge in [0.1, 0.15) is 5.58 Å². The first-order valence-electron chi connectivity index (χ1n) is 4.54. The van der Waals surface area contributed by atoms with Crippen LogP contribution in [-0.4, -0.2) is 5.11 Å². The zero-order valence-electron chi connectivity index (χ0n) is 8.71. The smallest absolute Gasteiger partial charge is 0.336 e. The molecular weight excluding hydrogens is 240 g/mol. The molecule has 88 valence electrons. The lowest BCUT2D eigenvalue weighted by atomic mass is 10.2. The highest BCUT2D eigenvalue weighted by atomic mass is 32.1. The van der Waals surface area contributed by atoms with Crippen LogP contribution in [0.25, 0.3) is 11.0 Å². The predicted molar refractivity (Wildman–Crippen MR) is 67.6 cm³/mol. The second kappa shape index (κ2) is 6.46. The molecule has 7 heteroatoms. The first-order chi connectivity index (χ1) is 8.17. The van der Waals surface area contributed by atoms with Crippen LogP contribution in [-0.2, 0) is 0 Å². The standard InChI is InChI=1S/C9H6O2.CH4N4S/c10-9-6-5-7-3-1-2-4-8(7)11-9;2-4-1(6)5-3/h1-6H;2H,3H2,(H,5,6). The summed E-state index contributed by atoms with van der Waals surface area (Å²) in [5.74, 6) is 4.68. The molecule has 0 aliphatic heterocycles. The summed E-state index contributed by atoms with van der Waals surface area (Å²) in [6, 6.07) is 10.6. The van der Waals surface area contributed by atoms with E-state index in [0.717, 1.165) is 5.39 Å². The summed E-state index contributed by atoms with van der Waals surface area (Å²) in [7, 11) is 0. The molecule has 0 amide bonds. The Balaban J connectivity index is 0.000000209. The van der Waals surface area contributed by atoms with Gasteiger partial charge in [0.2, 0.25) is 5.11 Å². The van der Waals surface area contributed by atoms with Gasteiger partial charge in [-0.05, 0) is 24.4 Å². The molecule has 0 aliphatic carbocycles. The van der Waals surface area contributed by atoms with Crippen molar-refractivity contribution in [2.45, 2.75) is 0 Å². The number of thiocarbonyl (C=S) groups is 1. The number of fused-ring (bicyclic) bond motifs is 1. The van der Waals surface area contributed by atoms with Gasteiger partial charge in [0.05, 0.1) is 0 Å². The molecule has 6 nitrogen and oxygen atoms in total. The van der Waals surface area contributed by atoms with Crippen LogP contribution >= 0.6 is 12.2 Å². The molecule has 0 atom stereocenters. The fraction of sp³-hybridized carbons (Fsp3) is 0. The van der Waals surface area contributed by atoms with Gasteiger partial charge in [-0.15, -0.1) is 5.11 Å². The SMILES string of the molecule is N=NC(=S)NN.O=c1ccc2ccccc2o1. The van der Waals surface area contributed by atoms with Gasteiger partial charge < -0.3 is 4.42 Å². The van der Waals surface area contributed by atoms with Gasteiger partial charge in [-0.1, -0.05) is 18.2 Å². The quantitative estimate of drug-likeness (QED) is 0.216. The van der Waals surface area contributed by atoms with Crippen LogP contribution in [0, 0.1) is 5.53 Å². The number of hydrogen-bond acceptors (Lipinski definition) is 5. The molecule has 1 aromatic carbocycles. The summed E-state index contributed by atoms with van der Waals surface area (Å²) in [6.45, 7) is 0. The molecule has 0 saturated heterocycles. The van der Waals surface area contributed by atoms with Gasteiger partial charge in [-0.25, -0.2) is 16.2 Å². The van der Waals surface area contributed by atoms with Crippen molar-refractivity contribution in [2.24, 2.45) is 11.0 Å². The van der Waals surface area contributed by atoms with Crippen LogP contribution in [0.4, 0.5) is 0 Å². The number of nitrogens with two attached hydrogens (primary N) is 1. The van der Waals surface area contributed by atoms with Crippen LogP contribution in [0.2, 0.25) is 0 Å². The van der Waals surface area contributed by atoms with Crippen molar-refractivity contribution >= 4 is 28.3 Å². The molecule has 0 fully saturated rings. The molecule has 0 aliphatic rings. The maximum atomic E-state index is 10.7. The Kier molecular flexibility index (Phi) is 4.92. The van der Waals surface area contributed by atoms with Crippen molar-refractivity contribution in [3.05, 3.63) is 46.8 Å². The molecule has 0 spiro atoms. The maximum Gasteiger partial charge on any atom is 0.336 e. The average molecular weight is 250 g/mol. The van der Waals surface area contributed by atoms with E-state index in [0.29, 0.717) is 5.58 Å². The number of rotatable bonds is 0. The summed E-state index contributed by atoms with van der Waals surface area (Å²) >= 11 is 4.27. The van der Waals surface area contributed by atoms with E-state index in [1.54, 1.807) is 12.1 Å². The van der Waals surface area contributed by atoms with E-state index in [2.05, 4.69) is 23.2 Å². The second-order valence-electron chi connectivity index (χ2n) is 2.85. The van der Waals surface area contributed by atoms with Gasteiger partial charge in [0.25, 0.3) is 0 Å². The fourth-order valence-corrected chi connectivity index (χ4v) is 1.04. The topological polar surface area (TPSA) is 104 Å². The zero-order valence-corrected chi connectivity index (χ0v) is 9.53. The molecule has 1 aromatic heterocycles. The first-order valence-corrected chi connectivity index (χ1v) is 4.95. The minimum absolute atomic E-state index is 0.00463. The second-order valence-corrected chi connectivity index (χ2v) is 3.24. The number of hydrogen-bond donors (Lipinski definition) is 3. The number of nitrogens with zero attached hydrogens (tertiary/aromatic N) is 1. The van der Waals surface area contributed by atoms with Gasteiger partial charge in [0, 0.05) is 11.5 Å². The minimum Gasteiger partial charge on any atom is -0.423 e. The van der Waals surface area contributed by atoms with Crippen LogP contribution < -0.4 is 16.9 Å². The minimum atomic E-state index is -0.302. The lowest BCUT2D eigenvalue weighted by Crippen LogP contribution is -2.26. The number of hydrazine groups is 1. The van der Waals surface area contributed by atoms with Crippen molar-refractivity contribution in [3.63, 3.8) is 0 Å². The third-order valence-electron chi connectivity index (χ3n) is 1.75. The molecule has 0 saturated carbocycles. The van der Waals surface area contributed by atoms with Crippen LogP contribution in [0.5, 0.6) is 0 Å². The molecule has 0 radical (unpaired) electrons. The highest BCUT2D eigenvalue weighted by Gasteiger charge is 1.92. The van der Waals surface area contributed by atoms with E-state index in [4.69, 9.17) is 9.95 Å². The van der Waals surface area contributed by atoms with Gasteiger partial charge in [0.15, 0.2) is 0 Å². The Bertz CT molecular complexity index is 582. The molecule has 2 aromatic rings. The summed E-state index contributed by atoms with van der Waals surface area (Å²) in [5.41, 5.74) is 8.48. The van der Waals surface area contributed by atoms with Crippen molar-refractivity contribution in [2.75, 3.05) is 0 Å². The van der Waals surface area contributed by atoms with E-state index >= 15 is 0 Å². The molecule has 17 heavy (non-hydrogen) atoms. The van der Waals surface area contributed by atoms with E-state index < -0.39 is 0 Å². The third kappa shape index (κ3) is 4.09. The van der Waals surface area contributed by atoms with Crippen LogP contribution in [0.1, 0.15) is 0 Å². The van der Waals surface area contributed by atoms with Gasteiger partial charge in [-0.2, -0.15) is 0 Å². The normalized spacial score (nSPS) is 9.00. The molecule has 1 heterocycles. The zero-order chi connectivity index (χ0) is 12.7. The fourth-order valence-electron chi connectivity index (χ4n) is 1.04. The van der Waals surface area contributed by atoms with Gasteiger partial charge in [-0.3, -0.25) is 5.43 Å². The number of para-hydroxylation sites is 1. The van der Waals surface area contributed by atoms with E-state index in [9.17, 15) is 4.79 Å². The summed E-state index contributed by atoms with van der Waals surface area (Å²) in [5, 5.41) is 3.70. The monoisotopic (exact) mass is 250 g/mol. The van der Waals surface area contributed by atoms with Crippen molar-refractivity contribution in [3.8, 4) is 0 Å². The summed E-state index contributed by atoms with van der Waals surface area (Å²) in [4.78, 5) is 10.7. The molecule has 0 bridgehead atoms. The third-order valence-corrected chi connectivity index (χ3v) is 1.96. The van der Waals surface area contributed by atoms with Crippen molar-refractivity contribution in [1.29, 1.82) is 5.53 Å². The van der Waals surface area contributed by atoms with E-state index in [-0.39, 0.29) is 10.7 Å². The molecular formula is C10H10N4O2S. The maximum absolute atomic E-state index is 10.7. The Labute approximate surface area is 102 Å². The van der Waals surface area contributed by atoms with Crippen LogP contribution in [0.15, 0.2) is 50.7 Å². The largest absolute Gasteiger partial charge is 0.423 e. The number of nitrogens with one attached hydrogen (secondary N) is 2. The van der Waals surface area contributed by atoms with Crippen LogP contribution in [0.3, 0.4) is 0 Å². The van der Waals surface area contributed by atoms with Crippen molar-refractivity contribution in [1.82, 2.24) is 5.43 Å². The first kappa shape index (κ1) is 12.9. The lowest BCUT2D eigenvalue weighted by Gasteiger charge is -1.91. The Morgan fingerprint density at radius 1 is 1.35 bits per heavy atom. The Morgan fingerprint density at radius 2 is 2.06 bits per heavy atom. The molecule has 4 N–H and O–H groups in total. The molecule has 0 unspecified atom stereocenters. The Morgan fingerprint density at radius 3 is 2.65 bits per heavy atom. The van der Waals surface area contributed by atoms with E-state index in [1.807, 2.05) is 23.6 Å². The summed E-state index contributed by atoms with van der Waals surface area (Å²) < 4.78 is 4.91. The number of benzene rings is 1. The molecule has 2 rings (SSSR count). The van der Waals surface area contributed by atoms with E-state index in [1.165, 1.54) is 6.07 Å². The highest BCUT2D eigenvalue weighted by Crippen LogP contribution is 2.08. The Hall–Kier alpha value is -2.12. The van der Waals surface area contributed by atoms with Crippen molar-refractivity contribution < 1.29 is 4.42 Å².